The van der Waals surface area contributed by atoms with Gasteiger partial charge in [-0.3, -0.25) is 4.79 Å². The predicted octanol–water partition coefficient (Wildman–Crippen LogP) is 8.36. The maximum Gasteiger partial charge on any atom is 0.141 e. The maximum atomic E-state index is 12.7. The lowest BCUT2D eigenvalue weighted by Crippen LogP contribution is -2.36. The number of rotatable bonds is 14. The summed E-state index contributed by atoms with van der Waals surface area (Å²) in [4.78, 5) is 12.7. The van der Waals surface area contributed by atoms with Gasteiger partial charge in [-0.15, -0.1) is 0 Å². The van der Waals surface area contributed by atoms with Gasteiger partial charge in [-0.05, 0) is 11.8 Å². The highest BCUT2D eigenvalue weighted by Crippen LogP contribution is 2.36. The van der Waals surface area contributed by atoms with Crippen molar-refractivity contribution in [2.24, 2.45) is 16.7 Å². The first kappa shape index (κ1) is 24.7. The van der Waals surface area contributed by atoms with Gasteiger partial charge in [0.15, 0.2) is 0 Å². The average molecular weight is 353 g/mol. The van der Waals surface area contributed by atoms with Gasteiger partial charge in [0.25, 0.3) is 0 Å². The van der Waals surface area contributed by atoms with E-state index in [-0.39, 0.29) is 16.7 Å². The fraction of sp³-hybridized carbons (Fsp3) is 0.958. The highest BCUT2D eigenvalue weighted by atomic mass is 16.1. The molecule has 0 bridgehead atoms. The summed E-state index contributed by atoms with van der Waals surface area (Å²) in [6.07, 6.45) is 17.6. The summed E-state index contributed by atoms with van der Waals surface area (Å²) >= 11 is 0. The highest BCUT2D eigenvalue weighted by Gasteiger charge is 2.36. The van der Waals surface area contributed by atoms with E-state index in [1.54, 1.807) is 0 Å². The Balaban J connectivity index is 3.78. The van der Waals surface area contributed by atoms with Gasteiger partial charge < -0.3 is 0 Å². The van der Waals surface area contributed by atoms with E-state index >= 15 is 0 Å². The van der Waals surface area contributed by atoms with E-state index in [9.17, 15) is 4.79 Å². The Morgan fingerprint density at radius 1 is 0.640 bits per heavy atom. The lowest BCUT2D eigenvalue weighted by molar-refractivity contribution is -0.134. The number of unbranched alkanes of at least 4 members (excludes halogenated alkanes) is 11. The molecule has 0 rings (SSSR count). The third-order valence-corrected chi connectivity index (χ3v) is 5.45. The monoisotopic (exact) mass is 352 g/mol. The van der Waals surface area contributed by atoms with Crippen molar-refractivity contribution < 1.29 is 4.79 Å². The van der Waals surface area contributed by atoms with E-state index in [4.69, 9.17) is 0 Å². The van der Waals surface area contributed by atoms with Crippen LogP contribution in [-0.4, -0.2) is 5.78 Å². The summed E-state index contributed by atoms with van der Waals surface area (Å²) in [7, 11) is 0. The summed E-state index contributed by atoms with van der Waals surface area (Å²) in [5, 5.41) is 0. The van der Waals surface area contributed by atoms with Gasteiger partial charge in [-0.25, -0.2) is 0 Å². The van der Waals surface area contributed by atoms with Gasteiger partial charge in [0.1, 0.15) is 5.78 Å². The van der Waals surface area contributed by atoms with E-state index in [1.807, 2.05) is 0 Å². The second-order valence-electron chi connectivity index (χ2n) is 10.2. The molecule has 0 aromatic carbocycles. The van der Waals surface area contributed by atoms with Crippen molar-refractivity contribution in [3.63, 3.8) is 0 Å². The second kappa shape index (κ2) is 12.9. The van der Waals surface area contributed by atoms with E-state index in [0.717, 1.165) is 6.42 Å². The fourth-order valence-electron chi connectivity index (χ4n) is 3.67. The lowest BCUT2D eigenvalue weighted by Gasteiger charge is -2.34. The van der Waals surface area contributed by atoms with E-state index in [2.05, 4.69) is 48.5 Å². The quantitative estimate of drug-likeness (QED) is 0.287. The number of Topliss-reactive ketones (excluding diaryl/α,β-unsaturated/α-hetero) is 1. The molecular formula is C24H48O. The molecule has 0 aliphatic carbocycles. The molecule has 0 saturated heterocycles. The normalized spacial score (nSPS) is 13.9. The van der Waals surface area contributed by atoms with Gasteiger partial charge in [-0.1, -0.05) is 126 Å². The molecule has 1 nitrogen and oxygen atoms in total. The number of carbonyl (C=O) groups is 1. The van der Waals surface area contributed by atoms with Gasteiger partial charge >= 0.3 is 0 Å². The van der Waals surface area contributed by atoms with Crippen LogP contribution in [0.1, 0.15) is 132 Å². The number of hydrogen-bond donors (Lipinski definition) is 0. The Kier molecular flexibility index (Phi) is 12.8. The number of hydrogen-bond acceptors (Lipinski definition) is 1. The van der Waals surface area contributed by atoms with Gasteiger partial charge in [-0.2, -0.15) is 0 Å². The molecule has 0 fully saturated rings. The zero-order valence-corrected chi connectivity index (χ0v) is 18.7. The Bertz CT molecular complexity index is 329. The van der Waals surface area contributed by atoms with E-state index in [0.29, 0.717) is 5.78 Å². The molecule has 25 heavy (non-hydrogen) atoms. The molecule has 0 heterocycles. The minimum atomic E-state index is -0.213. The van der Waals surface area contributed by atoms with Crippen molar-refractivity contribution in [1.82, 2.24) is 0 Å². The largest absolute Gasteiger partial charge is 0.299 e. The molecule has 0 spiro atoms. The van der Waals surface area contributed by atoms with Crippen LogP contribution in [0.5, 0.6) is 0 Å². The smallest absolute Gasteiger partial charge is 0.141 e. The van der Waals surface area contributed by atoms with Crippen LogP contribution < -0.4 is 0 Å². The Labute approximate surface area is 159 Å². The number of ketones is 1. The zero-order chi connectivity index (χ0) is 19.3. The summed E-state index contributed by atoms with van der Waals surface area (Å²) in [6, 6.07) is 0. The van der Waals surface area contributed by atoms with Gasteiger partial charge in [0, 0.05) is 11.3 Å². The van der Waals surface area contributed by atoms with Crippen LogP contribution in [0.4, 0.5) is 0 Å². The molecule has 0 aliphatic heterocycles. The van der Waals surface area contributed by atoms with E-state index < -0.39 is 0 Å². The highest BCUT2D eigenvalue weighted by molar-refractivity contribution is 5.86. The Morgan fingerprint density at radius 2 is 1.00 bits per heavy atom. The maximum absolute atomic E-state index is 12.7. The van der Waals surface area contributed by atoms with Crippen LogP contribution in [0.3, 0.4) is 0 Å². The molecule has 0 saturated carbocycles. The van der Waals surface area contributed by atoms with Crippen molar-refractivity contribution in [3.8, 4) is 0 Å². The molecule has 1 atom stereocenters. The first-order valence-corrected chi connectivity index (χ1v) is 11.1. The molecule has 0 aromatic rings. The van der Waals surface area contributed by atoms with Crippen LogP contribution in [0, 0.1) is 16.7 Å². The first-order chi connectivity index (χ1) is 11.6. The third kappa shape index (κ3) is 12.6. The van der Waals surface area contributed by atoms with Gasteiger partial charge in [0.2, 0.25) is 0 Å². The van der Waals surface area contributed by atoms with Crippen LogP contribution in [0.15, 0.2) is 0 Å². The minimum absolute atomic E-state index is 0.0855. The Morgan fingerprint density at radius 3 is 1.32 bits per heavy atom. The Hall–Kier alpha value is -0.330. The molecule has 0 N–H and O–H groups in total. The molecule has 0 radical (unpaired) electrons. The summed E-state index contributed by atoms with van der Waals surface area (Å²) < 4.78 is 0. The molecular weight excluding hydrogens is 304 g/mol. The summed E-state index contributed by atoms with van der Waals surface area (Å²) in [6.45, 7) is 15.1. The van der Waals surface area contributed by atoms with Crippen molar-refractivity contribution in [2.45, 2.75) is 132 Å². The minimum Gasteiger partial charge on any atom is -0.299 e. The predicted molar refractivity (Wildman–Crippen MR) is 113 cm³/mol. The zero-order valence-electron chi connectivity index (χ0n) is 18.7. The molecule has 0 aromatic heterocycles. The second-order valence-corrected chi connectivity index (χ2v) is 10.2. The van der Waals surface area contributed by atoms with E-state index in [1.165, 1.54) is 77.0 Å². The van der Waals surface area contributed by atoms with Crippen LogP contribution >= 0.6 is 0 Å². The molecule has 0 aliphatic rings. The standard InChI is InChI=1S/C24H48O/c1-8-9-10-11-12-13-14-15-16-17-18-19-20-21(23(2,3)4)22(25)24(5,6)7/h21H,8-20H2,1-7H3. The van der Waals surface area contributed by atoms with Crippen LogP contribution in [0.2, 0.25) is 0 Å². The van der Waals surface area contributed by atoms with Crippen LogP contribution in [-0.2, 0) is 4.79 Å². The summed E-state index contributed by atoms with van der Waals surface area (Å²) in [5.74, 6) is 0.652. The molecule has 0 amide bonds. The van der Waals surface area contributed by atoms with Crippen LogP contribution in [0.25, 0.3) is 0 Å². The van der Waals surface area contributed by atoms with Crippen molar-refractivity contribution in [2.75, 3.05) is 0 Å². The van der Waals surface area contributed by atoms with Crippen molar-refractivity contribution in [1.29, 1.82) is 0 Å². The number of carbonyl (C=O) groups excluding carboxylic acids is 1. The third-order valence-electron chi connectivity index (χ3n) is 5.45. The molecule has 150 valence electrons. The van der Waals surface area contributed by atoms with Crippen molar-refractivity contribution in [3.05, 3.63) is 0 Å². The SMILES string of the molecule is CCCCCCCCCCCCCCC(C(=O)C(C)(C)C)C(C)(C)C. The molecule has 1 heteroatoms. The lowest BCUT2D eigenvalue weighted by atomic mass is 9.69. The molecule has 1 unspecified atom stereocenters. The average Bonchev–Trinajstić information content (AvgIpc) is 2.49. The first-order valence-electron chi connectivity index (χ1n) is 11.1. The van der Waals surface area contributed by atoms with Gasteiger partial charge in [0.05, 0.1) is 0 Å². The topological polar surface area (TPSA) is 17.1 Å². The van der Waals surface area contributed by atoms with Crippen molar-refractivity contribution >= 4 is 5.78 Å². The fourth-order valence-corrected chi connectivity index (χ4v) is 3.67. The summed E-state index contributed by atoms with van der Waals surface area (Å²) in [5.41, 5.74) is -0.128.